The lowest BCUT2D eigenvalue weighted by Crippen LogP contribution is -2.41. The molecule has 180 valence electrons. The molecule has 0 fully saturated rings. The van der Waals surface area contributed by atoms with Gasteiger partial charge in [-0.25, -0.2) is 0 Å². The largest absolute Gasteiger partial charge is 0.356 e. The Hall–Kier alpha value is -2.41. The summed E-state index contributed by atoms with van der Waals surface area (Å²) in [5, 5.41) is 5.78. The van der Waals surface area contributed by atoms with E-state index >= 15 is 0 Å². The van der Waals surface area contributed by atoms with Crippen molar-refractivity contribution in [1.82, 2.24) is 15.5 Å². The number of hydrogen-bond acceptors (Lipinski definition) is 4. The molecule has 0 spiro atoms. The number of rotatable bonds is 14. The minimum absolute atomic E-state index is 0.0120. The number of carbonyl (C=O) groups excluding carboxylic acids is 3. The number of nitrogens with zero attached hydrogens (tertiary/aromatic N) is 1. The first-order valence-corrected chi connectivity index (χ1v) is 11.9. The molecule has 0 aliphatic rings. The van der Waals surface area contributed by atoms with Gasteiger partial charge in [-0.15, -0.1) is 0 Å². The first kappa shape index (κ1) is 27.6. The fourth-order valence-electron chi connectivity index (χ4n) is 3.39. The minimum atomic E-state index is -0.335. The number of hydrogen-bond donors (Lipinski definition) is 3. The lowest BCUT2D eigenvalue weighted by Gasteiger charge is -2.22. The highest BCUT2D eigenvalue weighted by atomic mass is 16.2. The standard InChI is InChI=1S/C25H42N4O3/c1-6-12-29(13-7-2)25(32)21-11-9-10-20(15-21)24(31)28-17-22(26)14-19(5)23(30)27-16-18(4)8-3/h9-11,15,18-19,22H,6-8,12-14,16-17,26H2,1-5H3,(H,27,30)(H,28,31). The van der Waals surface area contributed by atoms with Gasteiger partial charge in [-0.3, -0.25) is 14.4 Å². The van der Waals surface area contributed by atoms with Crippen LogP contribution in [0.2, 0.25) is 0 Å². The highest BCUT2D eigenvalue weighted by Gasteiger charge is 2.19. The van der Waals surface area contributed by atoms with E-state index in [1.807, 2.05) is 25.7 Å². The van der Waals surface area contributed by atoms with E-state index in [1.54, 1.807) is 24.3 Å². The Morgan fingerprint density at radius 3 is 2.19 bits per heavy atom. The van der Waals surface area contributed by atoms with Crippen molar-refractivity contribution in [2.75, 3.05) is 26.2 Å². The molecular formula is C25H42N4O3. The molecule has 0 aromatic heterocycles. The first-order chi connectivity index (χ1) is 15.2. The molecule has 0 saturated carbocycles. The maximum Gasteiger partial charge on any atom is 0.253 e. The maximum absolute atomic E-state index is 12.8. The summed E-state index contributed by atoms with van der Waals surface area (Å²) in [5.74, 6) is -0.131. The third-order valence-electron chi connectivity index (χ3n) is 5.60. The fourth-order valence-corrected chi connectivity index (χ4v) is 3.39. The number of carbonyl (C=O) groups is 3. The zero-order valence-corrected chi connectivity index (χ0v) is 20.4. The molecule has 1 rings (SSSR count). The van der Waals surface area contributed by atoms with Crippen LogP contribution in [0.5, 0.6) is 0 Å². The van der Waals surface area contributed by atoms with Gasteiger partial charge >= 0.3 is 0 Å². The second kappa shape index (κ2) is 14.6. The zero-order valence-electron chi connectivity index (χ0n) is 20.4. The van der Waals surface area contributed by atoms with E-state index in [9.17, 15) is 14.4 Å². The summed E-state index contributed by atoms with van der Waals surface area (Å²) in [5.41, 5.74) is 7.09. The van der Waals surface area contributed by atoms with Crippen molar-refractivity contribution in [2.45, 2.75) is 66.3 Å². The van der Waals surface area contributed by atoms with E-state index in [4.69, 9.17) is 5.73 Å². The molecule has 0 radical (unpaired) electrons. The van der Waals surface area contributed by atoms with Crippen molar-refractivity contribution >= 4 is 17.7 Å². The van der Waals surface area contributed by atoms with Crippen molar-refractivity contribution in [3.8, 4) is 0 Å². The van der Waals surface area contributed by atoms with Crippen LogP contribution >= 0.6 is 0 Å². The van der Waals surface area contributed by atoms with Gasteiger partial charge in [0.25, 0.3) is 11.8 Å². The molecule has 0 saturated heterocycles. The molecule has 7 nitrogen and oxygen atoms in total. The Morgan fingerprint density at radius 1 is 0.969 bits per heavy atom. The van der Waals surface area contributed by atoms with Crippen LogP contribution in [0.4, 0.5) is 0 Å². The normalized spacial score (nSPS) is 13.7. The van der Waals surface area contributed by atoms with Crippen LogP contribution in [0.15, 0.2) is 24.3 Å². The summed E-state index contributed by atoms with van der Waals surface area (Å²) in [4.78, 5) is 39.4. The van der Waals surface area contributed by atoms with E-state index < -0.39 is 0 Å². The Kier molecular flexibility index (Phi) is 12.6. The maximum atomic E-state index is 12.8. The number of benzene rings is 1. The molecule has 0 aliphatic carbocycles. The summed E-state index contributed by atoms with van der Waals surface area (Å²) < 4.78 is 0. The summed E-state index contributed by atoms with van der Waals surface area (Å²) in [6.45, 7) is 12.4. The van der Waals surface area contributed by atoms with Gasteiger partial charge in [0.05, 0.1) is 0 Å². The van der Waals surface area contributed by atoms with E-state index in [1.165, 1.54) is 0 Å². The van der Waals surface area contributed by atoms with Crippen molar-refractivity contribution in [1.29, 1.82) is 0 Å². The van der Waals surface area contributed by atoms with Crippen LogP contribution in [0.25, 0.3) is 0 Å². The quantitative estimate of drug-likeness (QED) is 0.408. The molecular weight excluding hydrogens is 404 g/mol. The van der Waals surface area contributed by atoms with Crippen molar-refractivity contribution < 1.29 is 14.4 Å². The second-order valence-corrected chi connectivity index (χ2v) is 8.74. The number of nitrogens with two attached hydrogens (primary N) is 1. The molecule has 0 bridgehead atoms. The topological polar surface area (TPSA) is 105 Å². The van der Waals surface area contributed by atoms with E-state index in [0.717, 1.165) is 19.3 Å². The SMILES string of the molecule is CCCN(CCC)C(=O)c1cccc(C(=O)NCC(N)CC(C)C(=O)NCC(C)CC)c1. The molecule has 3 unspecified atom stereocenters. The lowest BCUT2D eigenvalue weighted by atomic mass is 10.0. The number of nitrogens with one attached hydrogen (secondary N) is 2. The molecule has 0 heterocycles. The third kappa shape index (κ3) is 9.39. The van der Waals surface area contributed by atoms with Gasteiger partial charge in [-0.2, -0.15) is 0 Å². The van der Waals surface area contributed by atoms with Crippen LogP contribution in [0.3, 0.4) is 0 Å². The van der Waals surface area contributed by atoms with Crippen molar-refractivity contribution in [3.05, 3.63) is 35.4 Å². The highest BCUT2D eigenvalue weighted by molar-refractivity contribution is 5.99. The van der Waals surface area contributed by atoms with Crippen LogP contribution in [-0.2, 0) is 4.79 Å². The summed E-state index contributed by atoms with van der Waals surface area (Å²) in [6, 6.07) is 6.45. The van der Waals surface area contributed by atoms with Gasteiger partial charge in [0, 0.05) is 49.3 Å². The van der Waals surface area contributed by atoms with E-state index in [0.29, 0.717) is 43.1 Å². The Morgan fingerprint density at radius 2 is 1.59 bits per heavy atom. The van der Waals surface area contributed by atoms with Crippen LogP contribution in [0.1, 0.15) is 81.0 Å². The van der Waals surface area contributed by atoms with Gasteiger partial charge in [0.1, 0.15) is 0 Å². The van der Waals surface area contributed by atoms with Gasteiger partial charge in [-0.1, -0.05) is 47.1 Å². The molecule has 0 aliphatic heterocycles. The summed E-state index contributed by atoms with van der Waals surface area (Å²) in [7, 11) is 0. The zero-order chi connectivity index (χ0) is 24.1. The molecule has 1 aromatic rings. The van der Waals surface area contributed by atoms with Gasteiger partial charge in [-0.05, 0) is 43.4 Å². The second-order valence-electron chi connectivity index (χ2n) is 8.74. The van der Waals surface area contributed by atoms with Crippen molar-refractivity contribution in [3.63, 3.8) is 0 Å². The Labute approximate surface area is 193 Å². The fraction of sp³-hybridized carbons (Fsp3) is 0.640. The predicted octanol–water partition coefficient (Wildman–Crippen LogP) is 3.19. The van der Waals surface area contributed by atoms with Crippen LogP contribution in [-0.4, -0.2) is 54.8 Å². The molecule has 7 heteroatoms. The van der Waals surface area contributed by atoms with Crippen molar-refractivity contribution in [2.24, 2.45) is 17.6 Å². The Balaban J connectivity index is 2.61. The molecule has 1 aromatic carbocycles. The summed E-state index contributed by atoms with van der Waals surface area (Å²) >= 11 is 0. The third-order valence-corrected chi connectivity index (χ3v) is 5.60. The lowest BCUT2D eigenvalue weighted by molar-refractivity contribution is -0.125. The monoisotopic (exact) mass is 446 g/mol. The first-order valence-electron chi connectivity index (χ1n) is 11.9. The van der Waals surface area contributed by atoms with Gasteiger partial charge < -0.3 is 21.3 Å². The molecule has 3 atom stereocenters. The van der Waals surface area contributed by atoms with Gasteiger partial charge in [0.2, 0.25) is 5.91 Å². The van der Waals surface area contributed by atoms with Crippen LogP contribution < -0.4 is 16.4 Å². The molecule has 4 N–H and O–H groups in total. The molecule has 32 heavy (non-hydrogen) atoms. The number of amides is 3. The van der Waals surface area contributed by atoms with Crippen LogP contribution in [0, 0.1) is 11.8 Å². The predicted molar refractivity (Wildman–Crippen MR) is 129 cm³/mol. The smallest absolute Gasteiger partial charge is 0.253 e. The van der Waals surface area contributed by atoms with Gasteiger partial charge in [0.15, 0.2) is 0 Å². The average molecular weight is 447 g/mol. The van der Waals surface area contributed by atoms with E-state index in [2.05, 4.69) is 24.5 Å². The Bertz CT molecular complexity index is 732. The molecule has 3 amide bonds. The minimum Gasteiger partial charge on any atom is -0.356 e. The highest BCUT2D eigenvalue weighted by Crippen LogP contribution is 2.11. The van der Waals surface area contributed by atoms with E-state index in [-0.39, 0.29) is 36.2 Å². The average Bonchev–Trinajstić information content (AvgIpc) is 2.79. The summed E-state index contributed by atoms with van der Waals surface area (Å²) in [6.07, 6.45) is 3.27.